The molecule has 1 saturated carbocycles. The van der Waals surface area contributed by atoms with Gasteiger partial charge in [-0.3, -0.25) is 10.1 Å². The number of anilines is 1. The number of aryl methyl sites for hydroxylation is 1. The van der Waals surface area contributed by atoms with Gasteiger partial charge in [0, 0.05) is 11.3 Å². The van der Waals surface area contributed by atoms with Crippen LogP contribution >= 0.6 is 22.7 Å². The number of aromatic nitrogens is 2. The summed E-state index contributed by atoms with van der Waals surface area (Å²) in [6.07, 6.45) is 9.28. The first-order valence-corrected chi connectivity index (χ1v) is 18.8. The Bertz CT molecular complexity index is 2190. The number of thiazole rings is 1. The third-order valence-electron chi connectivity index (χ3n) is 9.13. The number of urea groups is 1. The van der Waals surface area contributed by atoms with Crippen LogP contribution in [0.25, 0.3) is 15.7 Å². The molecule has 0 saturated heterocycles. The number of nitrogens with zero attached hydrogens (tertiary/aromatic N) is 2. The van der Waals surface area contributed by atoms with E-state index in [1.807, 2.05) is 18.3 Å². The van der Waals surface area contributed by atoms with Crippen molar-refractivity contribution < 1.29 is 52.6 Å². The minimum Gasteiger partial charge on any atom is -1.00 e. The van der Waals surface area contributed by atoms with Crippen molar-refractivity contribution in [3.8, 4) is 5.75 Å². The Kier molecular flexibility index (Phi) is 12.1. The highest BCUT2D eigenvalue weighted by Gasteiger charge is 2.26. The Balaban J connectivity index is 0.00000464. The highest BCUT2D eigenvalue weighted by Crippen LogP contribution is 2.26. The molecule has 52 heavy (non-hydrogen) atoms. The number of aromatic hydroxyl groups is 1. The van der Waals surface area contributed by atoms with Crippen molar-refractivity contribution in [3.63, 3.8) is 0 Å². The molecule has 3 heterocycles. The normalized spacial score (nSPS) is 13.7. The van der Waals surface area contributed by atoms with Gasteiger partial charge in [-0.1, -0.05) is 66.3 Å². The lowest BCUT2D eigenvalue weighted by atomic mass is 9.98. The lowest BCUT2D eigenvalue weighted by molar-refractivity contribution is -0.506. The van der Waals surface area contributed by atoms with E-state index in [-0.39, 0.29) is 60.7 Å². The van der Waals surface area contributed by atoms with E-state index in [2.05, 4.69) is 68.4 Å². The van der Waals surface area contributed by atoms with Gasteiger partial charge in [0.2, 0.25) is 5.91 Å². The standard InChI is InChI=1S/C39H39N5O5S2.HI/c1-25-22-43-24-30(44(39(43)50-25)23-27-11-14-28-7-5-6-8-29(28)19-27)21-40-36(46)33(20-26-12-15-31(45)16-13-26)41-38(48)42-35-18-17-34(51-35)37(47)49-32-9-3-2-4-10-32;/h5-8,11-19,22,24,32-33H,2-4,9-10,20-21,23H2,1H3,(H3-,40,41,42,45,46,47,48);1H/t33-;/m0./s1. The van der Waals surface area contributed by atoms with Crippen molar-refractivity contribution in [3.05, 3.63) is 118 Å². The Morgan fingerprint density at radius 2 is 1.67 bits per heavy atom. The van der Waals surface area contributed by atoms with Crippen molar-refractivity contribution in [1.82, 2.24) is 15.2 Å². The molecule has 3 amide bonds. The number of benzene rings is 3. The van der Waals surface area contributed by atoms with Crippen LogP contribution in [0.15, 0.2) is 91.3 Å². The van der Waals surface area contributed by atoms with Crippen LogP contribution in [0.4, 0.5) is 9.80 Å². The van der Waals surface area contributed by atoms with Crippen LogP contribution in [0.5, 0.6) is 5.75 Å². The number of halogens is 1. The molecule has 0 unspecified atom stereocenters. The second kappa shape index (κ2) is 16.9. The summed E-state index contributed by atoms with van der Waals surface area (Å²) in [5, 5.41) is 21.3. The number of hydrogen-bond donors (Lipinski definition) is 4. The summed E-state index contributed by atoms with van der Waals surface area (Å²) in [4.78, 5) is 42.4. The van der Waals surface area contributed by atoms with Crippen molar-refractivity contribution in [2.45, 2.75) is 70.7 Å². The van der Waals surface area contributed by atoms with Crippen molar-refractivity contribution in [1.29, 1.82) is 0 Å². The van der Waals surface area contributed by atoms with Gasteiger partial charge in [0.1, 0.15) is 41.7 Å². The monoisotopic (exact) mass is 849 g/mol. The van der Waals surface area contributed by atoms with E-state index >= 15 is 0 Å². The number of ether oxygens (including phenoxy) is 1. The smallest absolute Gasteiger partial charge is 0.348 e. The fraction of sp³-hybridized carbons (Fsp3) is 0.282. The van der Waals surface area contributed by atoms with Crippen LogP contribution in [0, 0.1) is 6.92 Å². The molecular weight excluding hydrogens is 809 g/mol. The minimum atomic E-state index is -0.926. The van der Waals surface area contributed by atoms with Crippen LogP contribution in [-0.4, -0.2) is 39.7 Å². The predicted octanol–water partition coefficient (Wildman–Crippen LogP) is 4.11. The van der Waals surface area contributed by atoms with E-state index in [9.17, 15) is 19.5 Å². The van der Waals surface area contributed by atoms with Crippen LogP contribution in [0.3, 0.4) is 0 Å². The number of thiophene rings is 1. The van der Waals surface area contributed by atoms with Gasteiger partial charge < -0.3 is 44.5 Å². The molecule has 13 heteroatoms. The summed E-state index contributed by atoms with van der Waals surface area (Å²) in [5.41, 5.74) is 2.83. The molecule has 0 aliphatic heterocycles. The largest absolute Gasteiger partial charge is 1.00 e. The van der Waals surface area contributed by atoms with Crippen LogP contribution < -0.4 is 44.3 Å². The zero-order valence-corrected chi connectivity index (χ0v) is 32.4. The first kappa shape index (κ1) is 37.3. The summed E-state index contributed by atoms with van der Waals surface area (Å²) < 4.78 is 9.98. The number of hydrogen-bond acceptors (Lipinski definition) is 7. The maximum Gasteiger partial charge on any atom is 0.348 e. The van der Waals surface area contributed by atoms with E-state index in [0.717, 1.165) is 58.8 Å². The Morgan fingerprint density at radius 3 is 2.46 bits per heavy atom. The molecular formula is C39H40IN5O5S2. The van der Waals surface area contributed by atoms with Gasteiger partial charge in [0.15, 0.2) is 5.69 Å². The van der Waals surface area contributed by atoms with Crippen molar-refractivity contribution in [2.75, 3.05) is 5.32 Å². The predicted molar refractivity (Wildman–Crippen MR) is 199 cm³/mol. The molecule has 0 bridgehead atoms. The fourth-order valence-corrected chi connectivity index (χ4v) is 8.28. The molecule has 7 rings (SSSR count). The van der Waals surface area contributed by atoms with Gasteiger partial charge in [-0.05, 0) is 84.8 Å². The molecule has 0 spiro atoms. The Hall–Kier alpha value is -4.47. The second-order valence-electron chi connectivity index (χ2n) is 13.0. The third kappa shape index (κ3) is 9.11. The number of nitrogens with one attached hydrogen (secondary N) is 3. The first-order valence-electron chi connectivity index (χ1n) is 17.2. The molecule has 1 aliphatic carbocycles. The molecule has 1 aliphatic rings. The highest BCUT2D eigenvalue weighted by atomic mass is 127. The van der Waals surface area contributed by atoms with E-state index in [0.29, 0.717) is 16.4 Å². The molecule has 4 N–H and O–H groups in total. The summed E-state index contributed by atoms with van der Waals surface area (Å²) in [6.45, 7) is 2.94. The van der Waals surface area contributed by atoms with Crippen molar-refractivity contribution >= 4 is 61.3 Å². The lowest BCUT2D eigenvalue weighted by Gasteiger charge is -2.21. The zero-order valence-electron chi connectivity index (χ0n) is 28.6. The number of amides is 3. The minimum absolute atomic E-state index is 0. The summed E-state index contributed by atoms with van der Waals surface area (Å²) in [7, 11) is 0. The number of phenols is 1. The maximum atomic E-state index is 13.8. The molecule has 3 aromatic carbocycles. The summed E-state index contributed by atoms with van der Waals surface area (Å²) >= 11 is 2.82. The third-order valence-corrected chi connectivity index (χ3v) is 11.1. The number of rotatable bonds is 11. The van der Waals surface area contributed by atoms with Crippen LogP contribution in [-0.2, 0) is 29.0 Å². The topological polar surface area (TPSA) is 126 Å². The lowest BCUT2D eigenvalue weighted by Crippen LogP contribution is -3.00. The SMILES string of the molecule is Cc1c[n+]2cc(CNC(=O)[C@H](Cc3ccc(O)cc3)NC(=O)Nc3ccc(C(=O)OC4CCCCC4)s3)n(Cc3ccc4ccccc4c3)c2s1.[I-]. The molecule has 270 valence electrons. The number of carbonyl (C=O) groups excluding carboxylic acids is 3. The molecule has 6 aromatic rings. The van der Waals surface area contributed by atoms with E-state index in [1.54, 1.807) is 47.7 Å². The van der Waals surface area contributed by atoms with Gasteiger partial charge in [0.25, 0.3) is 0 Å². The van der Waals surface area contributed by atoms with E-state index in [1.165, 1.54) is 22.1 Å². The maximum absolute atomic E-state index is 13.8. The molecule has 3 aromatic heterocycles. The van der Waals surface area contributed by atoms with Gasteiger partial charge in [-0.25, -0.2) is 14.2 Å². The number of fused-ring (bicyclic) bond motifs is 2. The molecule has 10 nitrogen and oxygen atoms in total. The van der Waals surface area contributed by atoms with Crippen molar-refractivity contribution in [2.24, 2.45) is 0 Å². The summed E-state index contributed by atoms with van der Waals surface area (Å²) in [5.74, 6) is -0.631. The van der Waals surface area contributed by atoms with Crippen LogP contribution in [0.2, 0.25) is 0 Å². The second-order valence-corrected chi connectivity index (χ2v) is 15.3. The zero-order chi connectivity index (χ0) is 35.3. The first-order chi connectivity index (χ1) is 24.8. The highest BCUT2D eigenvalue weighted by molar-refractivity contribution is 7.18. The molecule has 1 fully saturated rings. The number of carbonyl (C=O) groups is 3. The number of esters is 1. The van der Waals surface area contributed by atoms with E-state index < -0.39 is 12.1 Å². The molecule has 0 radical (unpaired) electrons. The number of imidazole rings is 1. The number of phenolic OH excluding ortho intramolecular Hbond substituents is 1. The average Bonchev–Trinajstić information content (AvgIpc) is 3.83. The fourth-order valence-electron chi connectivity index (χ4n) is 6.54. The Morgan fingerprint density at radius 1 is 0.923 bits per heavy atom. The summed E-state index contributed by atoms with van der Waals surface area (Å²) in [6, 6.07) is 23.1. The van der Waals surface area contributed by atoms with Crippen LogP contribution in [0.1, 0.15) is 63.5 Å². The van der Waals surface area contributed by atoms with E-state index in [4.69, 9.17) is 4.74 Å². The quantitative estimate of drug-likeness (QED) is 0.0889. The van der Waals surface area contributed by atoms with Gasteiger partial charge >= 0.3 is 17.0 Å². The van der Waals surface area contributed by atoms with Gasteiger partial charge in [-0.15, -0.1) is 11.3 Å². The van der Waals surface area contributed by atoms with Gasteiger partial charge in [0.05, 0.1) is 11.5 Å². The van der Waals surface area contributed by atoms with Gasteiger partial charge in [-0.2, -0.15) is 4.40 Å². The molecule has 1 atom stereocenters. The Labute approximate surface area is 326 Å². The average molecular weight is 850 g/mol.